The Kier molecular flexibility index (Phi) is 6.05. The topological polar surface area (TPSA) is 45.0 Å². The summed E-state index contributed by atoms with van der Waals surface area (Å²) < 4.78 is 18.2. The Bertz CT molecular complexity index is 387. The average Bonchev–Trinajstić information content (AvgIpc) is 2.34. The van der Waals surface area contributed by atoms with Gasteiger partial charge in [0.1, 0.15) is 11.9 Å². The van der Waals surface area contributed by atoms with Crippen molar-refractivity contribution in [1.82, 2.24) is 0 Å². The fourth-order valence-corrected chi connectivity index (χ4v) is 1.50. The van der Waals surface area contributed by atoms with Gasteiger partial charge in [-0.3, -0.25) is 0 Å². The third-order valence-electron chi connectivity index (χ3n) is 2.44. The highest BCUT2D eigenvalue weighted by molar-refractivity contribution is 5.47. The molecule has 17 heavy (non-hydrogen) atoms. The third-order valence-corrected chi connectivity index (χ3v) is 2.44. The minimum absolute atomic E-state index is 0.0793. The number of nitrogens with zero attached hydrogens (tertiary/aromatic N) is 1. The largest absolute Gasteiger partial charge is 0.385 e. The van der Waals surface area contributed by atoms with Crippen LogP contribution < -0.4 is 5.32 Å². The first-order chi connectivity index (χ1) is 8.27. The van der Waals surface area contributed by atoms with Gasteiger partial charge in [-0.25, -0.2) is 4.39 Å². The zero-order valence-electron chi connectivity index (χ0n) is 10.0. The van der Waals surface area contributed by atoms with Gasteiger partial charge in [-0.1, -0.05) is 0 Å². The summed E-state index contributed by atoms with van der Waals surface area (Å²) in [5.41, 5.74) is 0.795. The van der Waals surface area contributed by atoms with Crippen molar-refractivity contribution in [2.24, 2.45) is 0 Å². The molecule has 0 fully saturated rings. The molecule has 1 N–H and O–H groups in total. The molecule has 0 aromatic heterocycles. The summed E-state index contributed by atoms with van der Waals surface area (Å²) in [5.74, 6) is -0.475. The number of hydrogen-bond donors (Lipinski definition) is 1. The van der Waals surface area contributed by atoms with Crippen LogP contribution in [0.3, 0.4) is 0 Å². The second-order valence-corrected chi connectivity index (χ2v) is 3.79. The first-order valence-corrected chi connectivity index (χ1v) is 5.70. The van der Waals surface area contributed by atoms with Crippen molar-refractivity contribution in [2.75, 3.05) is 25.6 Å². The molecule has 1 aromatic carbocycles. The molecule has 0 saturated carbocycles. The van der Waals surface area contributed by atoms with Crippen molar-refractivity contribution in [3.8, 4) is 6.07 Å². The number of halogens is 1. The van der Waals surface area contributed by atoms with E-state index in [4.69, 9.17) is 10.00 Å². The molecule has 0 amide bonds. The summed E-state index contributed by atoms with van der Waals surface area (Å²) >= 11 is 0. The molecule has 0 aliphatic carbocycles. The van der Waals surface area contributed by atoms with Gasteiger partial charge >= 0.3 is 0 Å². The zero-order chi connectivity index (χ0) is 12.5. The van der Waals surface area contributed by atoms with Crippen LogP contribution in [0.1, 0.15) is 24.8 Å². The molecular formula is C13H17FN2O. The van der Waals surface area contributed by atoms with Crippen LogP contribution >= 0.6 is 0 Å². The average molecular weight is 236 g/mol. The normalized spacial score (nSPS) is 9.94. The highest BCUT2D eigenvalue weighted by Crippen LogP contribution is 2.13. The van der Waals surface area contributed by atoms with E-state index >= 15 is 0 Å². The van der Waals surface area contributed by atoms with E-state index in [0.29, 0.717) is 5.69 Å². The summed E-state index contributed by atoms with van der Waals surface area (Å²) in [6.45, 7) is 1.58. The standard InChI is InChI=1S/C13H17FN2O/c1-17-8-4-2-3-7-16-12-6-5-11(10-15)13(14)9-12/h5-6,9,16H,2-4,7-8H2,1H3. The molecule has 1 rings (SSSR count). The maximum absolute atomic E-state index is 13.2. The van der Waals surface area contributed by atoms with Crippen LogP contribution in [0.2, 0.25) is 0 Å². The molecule has 0 bridgehead atoms. The van der Waals surface area contributed by atoms with Crippen molar-refractivity contribution in [2.45, 2.75) is 19.3 Å². The molecule has 92 valence electrons. The quantitative estimate of drug-likeness (QED) is 0.740. The van der Waals surface area contributed by atoms with Gasteiger partial charge in [0.05, 0.1) is 5.56 Å². The number of anilines is 1. The van der Waals surface area contributed by atoms with Crippen LogP contribution in [-0.4, -0.2) is 20.3 Å². The smallest absolute Gasteiger partial charge is 0.143 e. The molecule has 4 heteroatoms. The third kappa shape index (κ3) is 4.83. The second kappa shape index (κ2) is 7.64. The van der Waals surface area contributed by atoms with Crippen LogP contribution in [0.4, 0.5) is 10.1 Å². The Morgan fingerprint density at radius 2 is 2.18 bits per heavy atom. The predicted molar refractivity (Wildman–Crippen MR) is 65.3 cm³/mol. The number of rotatable bonds is 7. The van der Waals surface area contributed by atoms with E-state index in [1.165, 1.54) is 12.1 Å². The molecule has 0 aliphatic heterocycles. The van der Waals surface area contributed by atoms with Crippen LogP contribution in [0.25, 0.3) is 0 Å². The van der Waals surface area contributed by atoms with Gasteiger partial charge in [-0.2, -0.15) is 5.26 Å². The number of methoxy groups -OCH3 is 1. The number of ether oxygens (including phenoxy) is 1. The molecule has 0 spiro atoms. The van der Waals surface area contributed by atoms with Crippen LogP contribution in [0.15, 0.2) is 18.2 Å². The molecule has 0 unspecified atom stereocenters. The predicted octanol–water partition coefficient (Wildman–Crippen LogP) is 2.93. The molecule has 0 aliphatic rings. The molecule has 0 radical (unpaired) electrons. The van der Waals surface area contributed by atoms with Gasteiger partial charge in [0.25, 0.3) is 0 Å². The summed E-state index contributed by atoms with van der Waals surface area (Å²) in [6, 6.07) is 6.36. The number of unbranched alkanes of at least 4 members (excludes halogenated alkanes) is 2. The van der Waals surface area contributed by atoms with E-state index in [-0.39, 0.29) is 5.56 Å². The fraction of sp³-hybridized carbons (Fsp3) is 0.462. The SMILES string of the molecule is COCCCCCNc1ccc(C#N)c(F)c1. The van der Waals surface area contributed by atoms with Gasteiger partial charge in [0.15, 0.2) is 0 Å². The van der Waals surface area contributed by atoms with Gasteiger partial charge in [-0.05, 0) is 37.5 Å². The lowest BCUT2D eigenvalue weighted by Crippen LogP contribution is -2.02. The number of benzene rings is 1. The van der Waals surface area contributed by atoms with E-state index in [1.54, 1.807) is 19.2 Å². The number of hydrogen-bond acceptors (Lipinski definition) is 3. The molecule has 0 atom stereocenters. The zero-order valence-corrected chi connectivity index (χ0v) is 10.0. The van der Waals surface area contributed by atoms with E-state index in [1.807, 2.05) is 0 Å². The van der Waals surface area contributed by atoms with Crippen molar-refractivity contribution >= 4 is 5.69 Å². The molecule has 0 saturated heterocycles. The lowest BCUT2D eigenvalue weighted by Gasteiger charge is -2.06. The summed E-state index contributed by atoms with van der Waals surface area (Å²) in [5, 5.41) is 11.7. The summed E-state index contributed by atoms with van der Waals surface area (Å²) in [7, 11) is 1.69. The fourth-order valence-electron chi connectivity index (χ4n) is 1.50. The molecule has 3 nitrogen and oxygen atoms in total. The second-order valence-electron chi connectivity index (χ2n) is 3.79. The van der Waals surface area contributed by atoms with Crippen molar-refractivity contribution < 1.29 is 9.13 Å². The number of nitrogens with one attached hydrogen (secondary N) is 1. The minimum Gasteiger partial charge on any atom is -0.385 e. The van der Waals surface area contributed by atoms with Crippen molar-refractivity contribution in [3.63, 3.8) is 0 Å². The monoisotopic (exact) mass is 236 g/mol. The lowest BCUT2D eigenvalue weighted by molar-refractivity contribution is 0.192. The Hall–Kier alpha value is -1.60. The Morgan fingerprint density at radius 1 is 1.35 bits per heavy atom. The van der Waals surface area contributed by atoms with Gasteiger partial charge in [0, 0.05) is 25.9 Å². The van der Waals surface area contributed by atoms with Crippen LogP contribution in [-0.2, 0) is 4.74 Å². The first-order valence-electron chi connectivity index (χ1n) is 5.70. The molecule has 0 heterocycles. The van der Waals surface area contributed by atoms with Gasteiger partial charge in [-0.15, -0.1) is 0 Å². The van der Waals surface area contributed by atoms with Gasteiger partial charge < -0.3 is 10.1 Å². The Labute approximate surface area is 101 Å². The minimum atomic E-state index is -0.475. The van der Waals surface area contributed by atoms with Crippen LogP contribution in [0, 0.1) is 17.1 Å². The van der Waals surface area contributed by atoms with Crippen LogP contribution in [0.5, 0.6) is 0 Å². The highest BCUT2D eigenvalue weighted by Gasteiger charge is 2.01. The lowest BCUT2D eigenvalue weighted by atomic mass is 10.2. The highest BCUT2D eigenvalue weighted by atomic mass is 19.1. The van der Waals surface area contributed by atoms with E-state index < -0.39 is 5.82 Å². The van der Waals surface area contributed by atoms with E-state index in [9.17, 15) is 4.39 Å². The first kappa shape index (κ1) is 13.5. The van der Waals surface area contributed by atoms with Crippen molar-refractivity contribution in [1.29, 1.82) is 5.26 Å². The van der Waals surface area contributed by atoms with E-state index in [0.717, 1.165) is 32.4 Å². The maximum Gasteiger partial charge on any atom is 0.143 e. The number of nitriles is 1. The van der Waals surface area contributed by atoms with Gasteiger partial charge in [0.2, 0.25) is 0 Å². The summed E-state index contributed by atoms with van der Waals surface area (Å²) in [6.07, 6.45) is 3.14. The maximum atomic E-state index is 13.2. The molecular weight excluding hydrogens is 219 g/mol. The Balaban J connectivity index is 2.28. The van der Waals surface area contributed by atoms with E-state index in [2.05, 4.69) is 5.32 Å². The Morgan fingerprint density at radius 3 is 2.82 bits per heavy atom. The van der Waals surface area contributed by atoms with Crippen molar-refractivity contribution in [3.05, 3.63) is 29.6 Å². The molecule has 1 aromatic rings. The summed E-state index contributed by atoms with van der Waals surface area (Å²) in [4.78, 5) is 0.